The van der Waals surface area contributed by atoms with Gasteiger partial charge in [-0.15, -0.1) is 11.3 Å². The molecule has 2 aliphatic rings. The molecule has 10 heteroatoms. The summed E-state index contributed by atoms with van der Waals surface area (Å²) in [4.78, 5) is 22.4. The van der Waals surface area contributed by atoms with Crippen molar-refractivity contribution in [3.05, 3.63) is 51.4 Å². The average molecular weight is 489 g/mol. The second kappa shape index (κ2) is 8.83. The SMILES string of the molecule is COc1ccc(S(=O)(=O)N2CCN(Cn3cnc4sc5c(c4c3=O)CCC(C)C5)CC2)cc1. The zero-order valence-electron chi connectivity index (χ0n) is 18.9. The van der Waals surface area contributed by atoms with Gasteiger partial charge >= 0.3 is 0 Å². The van der Waals surface area contributed by atoms with E-state index in [4.69, 9.17) is 4.74 Å². The molecular formula is C23H28N4O4S2. The highest BCUT2D eigenvalue weighted by Gasteiger charge is 2.29. The van der Waals surface area contributed by atoms with Crippen LogP contribution in [0.25, 0.3) is 10.2 Å². The average Bonchev–Trinajstić information content (AvgIpc) is 3.19. The summed E-state index contributed by atoms with van der Waals surface area (Å²) in [5.41, 5.74) is 1.20. The number of sulfonamides is 1. The standard InChI is InChI=1S/C23H28N4O4S2/c1-16-3-8-19-20(13-16)32-22-21(19)23(28)26(14-24-22)15-25-9-11-27(12-10-25)33(29,30)18-6-4-17(31-2)5-7-18/h4-7,14,16H,3,8-13,15H2,1-2H3. The maximum atomic E-state index is 13.3. The van der Waals surface area contributed by atoms with E-state index in [1.165, 1.54) is 14.7 Å². The first-order chi connectivity index (χ1) is 15.9. The largest absolute Gasteiger partial charge is 0.497 e. The summed E-state index contributed by atoms with van der Waals surface area (Å²) < 4.78 is 34.3. The summed E-state index contributed by atoms with van der Waals surface area (Å²) in [6, 6.07) is 6.46. The minimum absolute atomic E-state index is 0.0142. The highest BCUT2D eigenvalue weighted by Crippen LogP contribution is 2.35. The van der Waals surface area contributed by atoms with Gasteiger partial charge in [-0.1, -0.05) is 6.92 Å². The predicted molar refractivity (Wildman–Crippen MR) is 128 cm³/mol. The van der Waals surface area contributed by atoms with Crippen LogP contribution in [0.2, 0.25) is 0 Å². The number of aromatic nitrogens is 2. The molecular weight excluding hydrogens is 460 g/mol. The van der Waals surface area contributed by atoms with Crippen LogP contribution in [0, 0.1) is 5.92 Å². The fourth-order valence-electron chi connectivity index (χ4n) is 4.69. The summed E-state index contributed by atoms with van der Waals surface area (Å²) >= 11 is 1.66. The Morgan fingerprint density at radius 2 is 1.88 bits per heavy atom. The number of hydrogen-bond acceptors (Lipinski definition) is 7. The Labute approximate surface area is 197 Å². The fraction of sp³-hybridized carbons (Fsp3) is 0.478. The van der Waals surface area contributed by atoms with Crippen LogP contribution in [-0.2, 0) is 29.5 Å². The van der Waals surface area contributed by atoms with Crippen molar-refractivity contribution in [1.29, 1.82) is 0 Å². The molecule has 8 nitrogen and oxygen atoms in total. The highest BCUT2D eigenvalue weighted by molar-refractivity contribution is 7.89. The summed E-state index contributed by atoms with van der Waals surface area (Å²) in [7, 11) is -2.01. The maximum Gasteiger partial charge on any atom is 0.263 e. The molecule has 3 aromatic rings. The van der Waals surface area contributed by atoms with Gasteiger partial charge in [0.05, 0.1) is 24.1 Å². The van der Waals surface area contributed by atoms with E-state index in [1.54, 1.807) is 53.6 Å². The van der Waals surface area contributed by atoms with E-state index in [1.807, 2.05) is 0 Å². The first kappa shape index (κ1) is 22.5. The van der Waals surface area contributed by atoms with E-state index in [0.717, 1.165) is 29.5 Å². The molecule has 3 heterocycles. The Bertz CT molecular complexity index is 1320. The zero-order chi connectivity index (χ0) is 23.2. The van der Waals surface area contributed by atoms with Gasteiger partial charge < -0.3 is 4.74 Å². The van der Waals surface area contributed by atoms with Gasteiger partial charge in [-0.3, -0.25) is 14.3 Å². The van der Waals surface area contributed by atoms with Crippen molar-refractivity contribution >= 4 is 31.6 Å². The number of ether oxygens (including phenoxy) is 1. The highest BCUT2D eigenvalue weighted by atomic mass is 32.2. The monoisotopic (exact) mass is 488 g/mol. The van der Waals surface area contributed by atoms with E-state index in [2.05, 4.69) is 16.8 Å². The minimum Gasteiger partial charge on any atom is -0.497 e. The van der Waals surface area contributed by atoms with Crippen LogP contribution in [0.3, 0.4) is 0 Å². The van der Waals surface area contributed by atoms with Crippen LogP contribution in [-0.4, -0.2) is 60.5 Å². The van der Waals surface area contributed by atoms with Gasteiger partial charge in [-0.25, -0.2) is 13.4 Å². The lowest BCUT2D eigenvalue weighted by atomic mass is 9.89. The van der Waals surface area contributed by atoms with E-state index in [0.29, 0.717) is 44.5 Å². The van der Waals surface area contributed by atoms with Crippen LogP contribution in [0.5, 0.6) is 5.75 Å². The smallest absolute Gasteiger partial charge is 0.263 e. The van der Waals surface area contributed by atoms with E-state index >= 15 is 0 Å². The third-order valence-corrected chi connectivity index (χ3v) is 9.74. The second-order valence-electron chi connectivity index (χ2n) is 8.89. The molecule has 1 unspecified atom stereocenters. The third kappa shape index (κ3) is 4.21. The first-order valence-corrected chi connectivity index (χ1v) is 13.5. The van der Waals surface area contributed by atoms with Crippen LogP contribution in [0.1, 0.15) is 23.8 Å². The molecule has 5 rings (SSSR count). The van der Waals surface area contributed by atoms with Gasteiger partial charge in [0.15, 0.2) is 0 Å². The van der Waals surface area contributed by atoms with Crippen molar-refractivity contribution in [2.45, 2.75) is 37.8 Å². The quantitative estimate of drug-likeness (QED) is 0.549. The minimum atomic E-state index is -3.56. The topological polar surface area (TPSA) is 84.7 Å². The van der Waals surface area contributed by atoms with Gasteiger partial charge in [0.2, 0.25) is 10.0 Å². The molecule has 0 bridgehead atoms. The van der Waals surface area contributed by atoms with Crippen molar-refractivity contribution < 1.29 is 13.2 Å². The lowest BCUT2D eigenvalue weighted by molar-refractivity contribution is 0.150. The number of hydrogen-bond donors (Lipinski definition) is 0. The van der Waals surface area contributed by atoms with Crippen LogP contribution >= 0.6 is 11.3 Å². The number of methoxy groups -OCH3 is 1. The molecule has 176 valence electrons. The molecule has 1 aliphatic carbocycles. The molecule has 1 saturated heterocycles. The molecule has 1 fully saturated rings. The Hall–Kier alpha value is -2.27. The number of piperazine rings is 1. The Balaban J connectivity index is 1.29. The Kier molecular flexibility index (Phi) is 6.02. The van der Waals surface area contributed by atoms with E-state index in [-0.39, 0.29) is 10.5 Å². The number of thiophene rings is 1. The Morgan fingerprint density at radius 3 is 2.58 bits per heavy atom. The van der Waals surface area contributed by atoms with Gasteiger partial charge in [-0.2, -0.15) is 4.31 Å². The third-order valence-electron chi connectivity index (χ3n) is 6.66. The van der Waals surface area contributed by atoms with Gasteiger partial charge in [0, 0.05) is 31.1 Å². The number of aryl methyl sites for hydroxylation is 1. The van der Waals surface area contributed by atoms with Gasteiger partial charge in [0.1, 0.15) is 16.9 Å². The number of rotatable bonds is 5. The van der Waals surface area contributed by atoms with Crippen molar-refractivity contribution in [1.82, 2.24) is 18.8 Å². The van der Waals surface area contributed by atoms with E-state index < -0.39 is 10.0 Å². The first-order valence-electron chi connectivity index (χ1n) is 11.2. The molecule has 0 N–H and O–H groups in total. The summed E-state index contributed by atoms with van der Waals surface area (Å²) in [6.07, 6.45) is 4.72. The summed E-state index contributed by atoms with van der Waals surface area (Å²) in [5.74, 6) is 1.27. The lowest BCUT2D eigenvalue weighted by Gasteiger charge is -2.34. The molecule has 0 saturated carbocycles. The van der Waals surface area contributed by atoms with Crippen molar-refractivity contribution in [2.75, 3.05) is 33.3 Å². The Morgan fingerprint density at radius 1 is 1.15 bits per heavy atom. The predicted octanol–water partition coefficient (Wildman–Crippen LogP) is 2.56. The van der Waals surface area contributed by atoms with E-state index in [9.17, 15) is 13.2 Å². The fourth-order valence-corrected chi connectivity index (χ4v) is 7.45. The molecule has 0 amide bonds. The van der Waals surface area contributed by atoms with Gasteiger partial charge in [-0.05, 0) is 55.0 Å². The molecule has 0 radical (unpaired) electrons. The lowest BCUT2D eigenvalue weighted by Crippen LogP contribution is -2.49. The normalized spacial score (nSPS) is 20.1. The molecule has 1 atom stereocenters. The van der Waals surface area contributed by atoms with Crippen LogP contribution in [0.4, 0.5) is 0 Å². The van der Waals surface area contributed by atoms with Crippen molar-refractivity contribution in [2.24, 2.45) is 5.92 Å². The van der Waals surface area contributed by atoms with Crippen LogP contribution in [0.15, 0.2) is 40.3 Å². The van der Waals surface area contributed by atoms with Crippen molar-refractivity contribution in [3.8, 4) is 5.75 Å². The molecule has 1 aliphatic heterocycles. The van der Waals surface area contributed by atoms with Crippen molar-refractivity contribution in [3.63, 3.8) is 0 Å². The number of nitrogens with zero attached hydrogens (tertiary/aromatic N) is 4. The number of fused-ring (bicyclic) bond motifs is 3. The molecule has 2 aromatic heterocycles. The van der Waals surface area contributed by atoms with Gasteiger partial charge in [0.25, 0.3) is 5.56 Å². The molecule has 1 aromatic carbocycles. The number of benzene rings is 1. The summed E-state index contributed by atoms with van der Waals surface area (Å²) in [6.45, 7) is 4.54. The molecule has 0 spiro atoms. The second-order valence-corrected chi connectivity index (χ2v) is 11.9. The zero-order valence-corrected chi connectivity index (χ0v) is 20.5. The maximum absolute atomic E-state index is 13.3. The summed E-state index contributed by atoms with van der Waals surface area (Å²) in [5, 5.41) is 0.783. The van der Waals surface area contributed by atoms with Crippen LogP contribution < -0.4 is 10.3 Å². The molecule has 33 heavy (non-hydrogen) atoms.